The van der Waals surface area contributed by atoms with Gasteiger partial charge in [-0.25, -0.2) is 0 Å². The quantitative estimate of drug-likeness (QED) is 0.678. The Hall–Kier alpha value is -2.97. The van der Waals surface area contributed by atoms with E-state index in [4.69, 9.17) is 30.5 Å². The van der Waals surface area contributed by atoms with Crippen LogP contribution in [-0.4, -0.2) is 45.6 Å². The second-order valence-electron chi connectivity index (χ2n) is 7.32. The maximum atomic E-state index is 12.8. The number of halogens is 1. The molecule has 2 aromatic carbocycles. The summed E-state index contributed by atoms with van der Waals surface area (Å²) in [6, 6.07) is 4.15. The number of hydrogen-bond donors (Lipinski definition) is 2. The van der Waals surface area contributed by atoms with Gasteiger partial charge in [0.2, 0.25) is 17.1 Å². The SMILES string of the molecule is COc1c(Cl)c2c(c(OC)c1OC)-c1ccc(OC)c(=O)cc1[C@@H](NC(=O)[C@@H](C)O)CC2. The Labute approximate surface area is 191 Å². The van der Waals surface area contributed by atoms with E-state index in [2.05, 4.69) is 5.32 Å². The van der Waals surface area contributed by atoms with Gasteiger partial charge < -0.3 is 29.4 Å². The van der Waals surface area contributed by atoms with Crippen molar-refractivity contribution in [1.29, 1.82) is 0 Å². The van der Waals surface area contributed by atoms with Gasteiger partial charge in [-0.15, -0.1) is 0 Å². The highest BCUT2D eigenvalue weighted by molar-refractivity contribution is 6.34. The summed E-state index contributed by atoms with van der Waals surface area (Å²) in [5.74, 6) is 0.638. The maximum Gasteiger partial charge on any atom is 0.249 e. The third-order valence-corrected chi connectivity index (χ3v) is 5.90. The second kappa shape index (κ2) is 9.67. The average molecular weight is 464 g/mol. The van der Waals surface area contributed by atoms with Crippen molar-refractivity contribution in [1.82, 2.24) is 5.32 Å². The predicted molar refractivity (Wildman–Crippen MR) is 120 cm³/mol. The number of carbonyl (C=O) groups excluding carboxylic acids is 1. The van der Waals surface area contributed by atoms with E-state index in [1.807, 2.05) is 0 Å². The average Bonchev–Trinajstić information content (AvgIpc) is 3.02. The number of fused-ring (bicyclic) bond motifs is 3. The first-order valence-electron chi connectivity index (χ1n) is 10.00. The second-order valence-corrected chi connectivity index (χ2v) is 7.70. The van der Waals surface area contributed by atoms with Gasteiger partial charge in [-0.05, 0) is 48.6 Å². The number of aliphatic hydroxyl groups is 1. The molecule has 0 heterocycles. The van der Waals surface area contributed by atoms with Crippen molar-refractivity contribution in [2.24, 2.45) is 0 Å². The lowest BCUT2D eigenvalue weighted by Crippen LogP contribution is -2.35. The molecule has 2 atom stereocenters. The number of aliphatic hydroxyl groups excluding tert-OH is 1. The molecule has 0 aromatic heterocycles. The molecule has 1 amide bonds. The minimum atomic E-state index is -1.21. The fourth-order valence-electron chi connectivity index (χ4n) is 3.98. The van der Waals surface area contributed by atoms with E-state index in [1.165, 1.54) is 41.4 Å². The first kappa shape index (κ1) is 23.7. The van der Waals surface area contributed by atoms with Crippen LogP contribution in [0.3, 0.4) is 0 Å². The lowest BCUT2D eigenvalue weighted by atomic mass is 9.95. The number of ether oxygens (including phenoxy) is 4. The number of benzene rings is 1. The van der Waals surface area contributed by atoms with E-state index in [9.17, 15) is 14.7 Å². The highest BCUT2D eigenvalue weighted by Gasteiger charge is 2.32. The van der Waals surface area contributed by atoms with Crippen LogP contribution in [0.15, 0.2) is 23.0 Å². The summed E-state index contributed by atoms with van der Waals surface area (Å²) in [7, 11) is 5.88. The van der Waals surface area contributed by atoms with Crippen molar-refractivity contribution in [3.05, 3.63) is 44.6 Å². The number of amides is 1. The minimum Gasteiger partial charge on any atom is -0.493 e. The molecule has 0 aliphatic heterocycles. The summed E-state index contributed by atoms with van der Waals surface area (Å²) in [6.07, 6.45) is -0.344. The van der Waals surface area contributed by atoms with Crippen molar-refractivity contribution in [2.75, 3.05) is 28.4 Å². The van der Waals surface area contributed by atoms with Crippen molar-refractivity contribution < 1.29 is 28.8 Å². The van der Waals surface area contributed by atoms with Gasteiger partial charge in [0.1, 0.15) is 6.10 Å². The first-order chi connectivity index (χ1) is 15.3. The topological polar surface area (TPSA) is 103 Å². The standard InChI is InChI=1S/C23H26ClNO7/c1-11(26)23(28)25-15-8-6-13-18(12-7-9-17(29-2)16(27)10-14(12)15)20(30-3)22(32-5)21(31-4)19(13)24/h7,9-11,15,26H,6,8H2,1-5H3,(H,25,28)/t11-,15+/m1/s1. The van der Waals surface area contributed by atoms with E-state index in [0.717, 1.165) is 5.56 Å². The van der Waals surface area contributed by atoms with E-state index in [1.54, 1.807) is 12.1 Å². The largest absolute Gasteiger partial charge is 0.493 e. The molecule has 0 saturated heterocycles. The minimum absolute atomic E-state index is 0.144. The molecule has 0 radical (unpaired) electrons. The van der Waals surface area contributed by atoms with Gasteiger partial charge in [-0.2, -0.15) is 0 Å². The van der Waals surface area contributed by atoms with Crippen molar-refractivity contribution in [3.8, 4) is 34.1 Å². The third kappa shape index (κ3) is 4.08. The Morgan fingerprint density at radius 1 is 1.09 bits per heavy atom. The number of rotatable bonds is 6. The summed E-state index contributed by atoms with van der Waals surface area (Å²) in [5, 5.41) is 12.9. The zero-order valence-electron chi connectivity index (χ0n) is 18.6. The van der Waals surface area contributed by atoms with Crippen LogP contribution in [-0.2, 0) is 11.2 Å². The molecular formula is C23H26ClNO7. The van der Waals surface area contributed by atoms with Gasteiger partial charge in [0, 0.05) is 5.56 Å². The Balaban J connectivity index is 2.42. The monoisotopic (exact) mass is 463 g/mol. The highest BCUT2D eigenvalue weighted by atomic mass is 35.5. The van der Waals surface area contributed by atoms with E-state index in [-0.39, 0.29) is 11.2 Å². The number of hydrogen-bond acceptors (Lipinski definition) is 7. The van der Waals surface area contributed by atoms with Gasteiger partial charge in [0.15, 0.2) is 17.2 Å². The van der Waals surface area contributed by atoms with Crippen LogP contribution in [0, 0.1) is 0 Å². The summed E-state index contributed by atoms with van der Waals surface area (Å²) < 4.78 is 22.0. The van der Waals surface area contributed by atoms with Crippen LogP contribution in [0.2, 0.25) is 5.02 Å². The molecule has 172 valence electrons. The predicted octanol–water partition coefficient (Wildman–Crippen LogP) is 2.89. The van der Waals surface area contributed by atoms with E-state index in [0.29, 0.717) is 51.8 Å². The molecule has 2 N–H and O–H groups in total. The lowest BCUT2D eigenvalue weighted by molar-refractivity contribution is -0.129. The molecule has 0 unspecified atom stereocenters. The van der Waals surface area contributed by atoms with Gasteiger partial charge in [-0.1, -0.05) is 17.7 Å². The lowest BCUT2D eigenvalue weighted by Gasteiger charge is -2.21. The van der Waals surface area contributed by atoms with Gasteiger partial charge in [-0.3, -0.25) is 9.59 Å². The molecule has 32 heavy (non-hydrogen) atoms. The molecule has 2 aromatic rings. The van der Waals surface area contributed by atoms with Gasteiger partial charge in [0.05, 0.1) is 39.5 Å². The number of methoxy groups -OCH3 is 4. The first-order valence-corrected chi connectivity index (χ1v) is 10.4. The van der Waals surface area contributed by atoms with Crippen LogP contribution < -0.4 is 29.7 Å². The highest BCUT2D eigenvalue weighted by Crippen LogP contribution is 2.54. The molecule has 8 nitrogen and oxygen atoms in total. The molecule has 3 rings (SSSR count). The fourth-order valence-corrected chi connectivity index (χ4v) is 4.33. The van der Waals surface area contributed by atoms with Crippen LogP contribution in [0.4, 0.5) is 0 Å². The zero-order chi connectivity index (χ0) is 23.6. The summed E-state index contributed by atoms with van der Waals surface area (Å²) in [4.78, 5) is 25.1. The van der Waals surface area contributed by atoms with Crippen LogP contribution in [0.5, 0.6) is 23.0 Å². The Morgan fingerprint density at radius 3 is 2.31 bits per heavy atom. The van der Waals surface area contributed by atoms with E-state index < -0.39 is 18.1 Å². The van der Waals surface area contributed by atoms with Gasteiger partial charge in [0.25, 0.3) is 0 Å². The Kier molecular flexibility index (Phi) is 7.16. The van der Waals surface area contributed by atoms with Gasteiger partial charge >= 0.3 is 0 Å². The maximum absolute atomic E-state index is 12.8. The molecular weight excluding hydrogens is 438 g/mol. The zero-order valence-corrected chi connectivity index (χ0v) is 19.3. The van der Waals surface area contributed by atoms with Crippen LogP contribution in [0.1, 0.15) is 30.5 Å². The fraction of sp³-hybridized carbons (Fsp3) is 0.391. The molecule has 9 heteroatoms. The third-order valence-electron chi connectivity index (χ3n) is 5.50. The molecule has 0 fully saturated rings. The van der Waals surface area contributed by atoms with Crippen molar-refractivity contribution in [2.45, 2.75) is 31.9 Å². The molecule has 0 saturated carbocycles. The number of nitrogens with one attached hydrogen (secondary N) is 1. The summed E-state index contributed by atoms with van der Waals surface area (Å²) in [6.45, 7) is 1.38. The Bertz CT molecular complexity index is 1100. The normalized spacial score (nSPS) is 15.5. The molecule has 0 spiro atoms. The van der Waals surface area contributed by atoms with Crippen molar-refractivity contribution >= 4 is 17.5 Å². The van der Waals surface area contributed by atoms with Crippen LogP contribution >= 0.6 is 11.6 Å². The molecule has 1 aliphatic carbocycles. The molecule has 1 aliphatic rings. The molecule has 0 bridgehead atoms. The summed E-state index contributed by atoms with van der Waals surface area (Å²) >= 11 is 6.73. The summed E-state index contributed by atoms with van der Waals surface area (Å²) in [5.41, 5.74) is 2.19. The number of carbonyl (C=O) groups is 1. The van der Waals surface area contributed by atoms with Crippen LogP contribution in [0.25, 0.3) is 11.1 Å². The van der Waals surface area contributed by atoms with E-state index >= 15 is 0 Å². The Morgan fingerprint density at radius 2 is 1.75 bits per heavy atom. The smallest absolute Gasteiger partial charge is 0.249 e. The van der Waals surface area contributed by atoms with Crippen molar-refractivity contribution in [3.63, 3.8) is 0 Å².